The van der Waals surface area contributed by atoms with Crippen molar-refractivity contribution in [1.82, 2.24) is 0 Å². The van der Waals surface area contributed by atoms with Gasteiger partial charge in [-0.05, 0) is 12.1 Å². The fourth-order valence-corrected chi connectivity index (χ4v) is 1.75. The molecule has 0 fully saturated rings. The molecular formula is C14H16O5. The lowest BCUT2D eigenvalue weighted by molar-refractivity contribution is 0.0428. The fourth-order valence-electron chi connectivity index (χ4n) is 1.75. The van der Waals surface area contributed by atoms with Gasteiger partial charge in [0.05, 0.1) is 24.3 Å². The van der Waals surface area contributed by atoms with Crippen molar-refractivity contribution in [2.45, 2.75) is 12.8 Å². The van der Waals surface area contributed by atoms with Crippen LogP contribution in [0.1, 0.15) is 33.6 Å². The molecule has 1 aliphatic rings. The molecule has 2 rings (SSSR count). The van der Waals surface area contributed by atoms with Gasteiger partial charge in [0.25, 0.3) is 0 Å². The molecule has 102 valence electrons. The van der Waals surface area contributed by atoms with E-state index >= 15 is 0 Å². The molecule has 0 aliphatic carbocycles. The van der Waals surface area contributed by atoms with Crippen molar-refractivity contribution >= 4 is 11.9 Å². The Bertz CT molecular complexity index is 414. The first kappa shape index (κ1) is 13.5. The highest BCUT2D eigenvalue weighted by atomic mass is 16.5. The lowest BCUT2D eigenvalue weighted by Crippen LogP contribution is -2.14. The van der Waals surface area contributed by atoms with Crippen LogP contribution in [-0.2, 0) is 14.2 Å². The third kappa shape index (κ3) is 3.79. The Balaban J connectivity index is 2.18. The number of carbonyl (C=O) groups is 2. The number of esters is 2. The molecule has 0 N–H and O–H groups in total. The maximum absolute atomic E-state index is 11.9. The summed E-state index contributed by atoms with van der Waals surface area (Å²) >= 11 is 0. The second-order valence-electron chi connectivity index (χ2n) is 4.14. The van der Waals surface area contributed by atoms with Gasteiger partial charge in [0, 0.05) is 26.1 Å². The Morgan fingerprint density at radius 2 is 1.21 bits per heavy atom. The minimum Gasteiger partial charge on any atom is -0.462 e. The van der Waals surface area contributed by atoms with Crippen LogP contribution in [-0.4, -0.2) is 38.4 Å². The number of carbonyl (C=O) groups excluding carboxylic acids is 2. The van der Waals surface area contributed by atoms with Gasteiger partial charge < -0.3 is 14.2 Å². The standard InChI is InChI=1S/C14H16O5/c15-13-11-5-1-2-6-12(11)14(16)19-10-4-8-17-7-3-9-18-13/h1-2,5-6H,3-4,7-10H2. The van der Waals surface area contributed by atoms with Crippen LogP contribution in [0, 0.1) is 0 Å². The third-order valence-corrected chi connectivity index (χ3v) is 2.70. The van der Waals surface area contributed by atoms with Gasteiger partial charge in [-0.2, -0.15) is 0 Å². The van der Waals surface area contributed by atoms with Crippen molar-refractivity contribution in [3.8, 4) is 0 Å². The Labute approximate surface area is 111 Å². The molecule has 1 aliphatic heterocycles. The van der Waals surface area contributed by atoms with Gasteiger partial charge in [0.15, 0.2) is 0 Å². The first-order valence-electron chi connectivity index (χ1n) is 6.30. The van der Waals surface area contributed by atoms with Gasteiger partial charge >= 0.3 is 11.9 Å². The van der Waals surface area contributed by atoms with Gasteiger partial charge in [-0.3, -0.25) is 0 Å². The van der Waals surface area contributed by atoms with Crippen LogP contribution in [0.4, 0.5) is 0 Å². The number of cyclic esters (lactones) is 2. The van der Waals surface area contributed by atoms with Gasteiger partial charge in [-0.25, -0.2) is 9.59 Å². The van der Waals surface area contributed by atoms with E-state index in [0.717, 1.165) is 0 Å². The van der Waals surface area contributed by atoms with E-state index in [-0.39, 0.29) is 24.3 Å². The summed E-state index contributed by atoms with van der Waals surface area (Å²) in [5.74, 6) is -1.02. The predicted octanol–water partition coefficient (Wildman–Crippen LogP) is 1.81. The number of hydrogen-bond donors (Lipinski definition) is 0. The van der Waals surface area contributed by atoms with Crippen LogP contribution in [0.5, 0.6) is 0 Å². The lowest BCUT2D eigenvalue weighted by Gasteiger charge is -2.08. The maximum Gasteiger partial charge on any atom is 0.339 e. The molecule has 0 bridgehead atoms. The topological polar surface area (TPSA) is 61.8 Å². The minimum absolute atomic E-state index is 0.243. The van der Waals surface area contributed by atoms with Crippen LogP contribution < -0.4 is 0 Å². The second kappa shape index (κ2) is 6.89. The summed E-state index contributed by atoms with van der Waals surface area (Å²) in [6.07, 6.45) is 1.28. The molecule has 0 radical (unpaired) electrons. The van der Waals surface area contributed by atoms with E-state index in [1.54, 1.807) is 24.3 Å². The summed E-state index contributed by atoms with van der Waals surface area (Å²) in [6, 6.07) is 6.51. The molecule has 1 aromatic carbocycles. The predicted molar refractivity (Wildman–Crippen MR) is 67.1 cm³/mol. The summed E-state index contributed by atoms with van der Waals surface area (Å²) in [5, 5.41) is 0. The highest BCUT2D eigenvalue weighted by molar-refractivity contribution is 6.03. The van der Waals surface area contributed by atoms with Crippen molar-refractivity contribution in [3.05, 3.63) is 35.4 Å². The van der Waals surface area contributed by atoms with E-state index in [9.17, 15) is 9.59 Å². The highest BCUT2D eigenvalue weighted by Crippen LogP contribution is 2.12. The van der Waals surface area contributed by atoms with E-state index in [2.05, 4.69) is 0 Å². The van der Waals surface area contributed by atoms with Crippen molar-refractivity contribution in [2.24, 2.45) is 0 Å². The third-order valence-electron chi connectivity index (χ3n) is 2.70. The molecule has 0 aromatic heterocycles. The molecule has 0 amide bonds. The van der Waals surface area contributed by atoms with Gasteiger partial charge in [-0.1, -0.05) is 12.1 Å². The first-order valence-corrected chi connectivity index (χ1v) is 6.30. The summed E-state index contributed by atoms with van der Waals surface area (Å²) in [5.41, 5.74) is 0.486. The van der Waals surface area contributed by atoms with Crippen LogP contribution in [0.25, 0.3) is 0 Å². The molecule has 5 nitrogen and oxygen atoms in total. The molecule has 19 heavy (non-hydrogen) atoms. The number of ether oxygens (including phenoxy) is 3. The van der Waals surface area contributed by atoms with E-state index < -0.39 is 11.9 Å². The van der Waals surface area contributed by atoms with Gasteiger partial charge in [0.1, 0.15) is 0 Å². The average molecular weight is 264 g/mol. The van der Waals surface area contributed by atoms with E-state index in [1.807, 2.05) is 0 Å². The zero-order valence-corrected chi connectivity index (χ0v) is 10.6. The molecule has 1 heterocycles. The zero-order valence-electron chi connectivity index (χ0n) is 10.6. The van der Waals surface area contributed by atoms with Crippen molar-refractivity contribution in [3.63, 3.8) is 0 Å². The smallest absolute Gasteiger partial charge is 0.339 e. The minimum atomic E-state index is -0.508. The quantitative estimate of drug-likeness (QED) is 0.669. The Hall–Kier alpha value is -1.88. The zero-order chi connectivity index (χ0) is 13.5. The van der Waals surface area contributed by atoms with Crippen molar-refractivity contribution < 1.29 is 23.8 Å². The molecule has 0 saturated carbocycles. The van der Waals surface area contributed by atoms with Gasteiger partial charge in [0.2, 0.25) is 0 Å². The van der Waals surface area contributed by atoms with Crippen LogP contribution >= 0.6 is 0 Å². The van der Waals surface area contributed by atoms with E-state index in [0.29, 0.717) is 26.1 Å². The second-order valence-corrected chi connectivity index (χ2v) is 4.14. The largest absolute Gasteiger partial charge is 0.462 e. The number of hydrogen-bond acceptors (Lipinski definition) is 5. The van der Waals surface area contributed by atoms with Crippen molar-refractivity contribution in [2.75, 3.05) is 26.4 Å². The van der Waals surface area contributed by atoms with E-state index in [1.165, 1.54) is 0 Å². The molecular weight excluding hydrogens is 248 g/mol. The van der Waals surface area contributed by atoms with Crippen LogP contribution in [0.3, 0.4) is 0 Å². The maximum atomic E-state index is 11.9. The van der Waals surface area contributed by atoms with E-state index in [4.69, 9.17) is 14.2 Å². The molecule has 0 saturated heterocycles. The van der Waals surface area contributed by atoms with Crippen LogP contribution in [0.2, 0.25) is 0 Å². The lowest BCUT2D eigenvalue weighted by atomic mass is 10.1. The van der Waals surface area contributed by atoms with Crippen molar-refractivity contribution in [1.29, 1.82) is 0 Å². The Morgan fingerprint density at radius 1 is 0.737 bits per heavy atom. The van der Waals surface area contributed by atoms with Gasteiger partial charge in [-0.15, -0.1) is 0 Å². The normalized spacial score (nSPS) is 18.1. The first-order chi connectivity index (χ1) is 9.29. The summed E-state index contributed by atoms with van der Waals surface area (Å²) in [7, 11) is 0. The average Bonchev–Trinajstić information content (AvgIpc) is 2.45. The molecule has 0 spiro atoms. The number of benzene rings is 1. The summed E-state index contributed by atoms with van der Waals surface area (Å²) < 4.78 is 15.5. The molecule has 0 unspecified atom stereocenters. The highest BCUT2D eigenvalue weighted by Gasteiger charge is 2.19. The monoisotopic (exact) mass is 264 g/mol. The number of fused-ring (bicyclic) bond motifs is 1. The Morgan fingerprint density at radius 3 is 1.68 bits per heavy atom. The SMILES string of the molecule is O=C1OCCCOCCCOC(=O)c2ccccc21. The number of rotatable bonds is 0. The van der Waals surface area contributed by atoms with Crippen LogP contribution in [0.15, 0.2) is 24.3 Å². The molecule has 1 aromatic rings. The Kier molecular flexibility index (Phi) is 4.92. The molecule has 5 heteroatoms. The summed E-state index contributed by atoms with van der Waals surface area (Å²) in [4.78, 5) is 23.8. The summed E-state index contributed by atoms with van der Waals surface area (Å²) in [6.45, 7) is 1.62. The fraction of sp³-hybridized carbons (Fsp3) is 0.429. The molecule has 0 atom stereocenters.